The van der Waals surface area contributed by atoms with Gasteiger partial charge in [-0.25, -0.2) is 4.98 Å². The summed E-state index contributed by atoms with van der Waals surface area (Å²) in [5.74, 6) is 0.768. The van der Waals surface area contributed by atoms with E-state index >= 15 is 0 Å². The number of rotatable bonds is 5. The second-order valence-corrected chi connectivity index (χ2v) is 4.18. The SMILES string of the molecule is CCN(CC(C)C(=N)N)c1nnc(C)c(C)n1. The van der Waals surface area contributed by atoms with Crippen LogP contribution in [0.3, 0.4) is 0 Å². The quantitative estimate of drug-likeness (QED) is 0.585. The number of nitrogens with one attached hydrogen (secondary N) is 1. The van der Waals surface area contributed by atoms with Crippen molar-refractivity contribution in [2.24, 2.45) is 11.7 Å². The van der Waals surface area contributed by atoms with Gasteiger partial charge in [0.1, 0.15) is 0 Å². The van der Waals surface area contributed by atoms with Crippen LogP contribution in [0.25, 0.3) is 0 Å². The Balaban J connectivity index is 2.86. The van der Waals surface area contributed by atoms with Gasteiger partial charge in [0.2, 0.25) is 5.95 Å². The zero-order chi connectivity index (χ0) is 13.0. The van der Waals surface area contributed by atoms with Gasteiger partial charge in [0.15, 0.2) is 0 Å². The molecular formula is C11H20N6. The van der Waals surface area contributed by atoms with E-state index in [1.807, 2.05) is 32.6 Å². The van der Waals surface area contributed by atoms with Gasteiger partial charge in [-0.1, -0.05) is 6.92 Å². The Morgan fingerprint density at radius 3 is 2.47 bits per heavy atom. The van der Waals surface area contributed by atoms with Crippen molar-refractivity contribution in [2.45, 2.75) is 27.7 Å². The van der Waals surface area contributed by atoms with Gasteiger partial charge in [0, 0.05) is 19.0 Å². The number of aryl methyl sites for hydroxylation is 2. The highest BCUT2D eigenvalue weighted by Crippen LogP contribution is 2.10. The summed E-state index contributed by atoms with van der Waals surface area (Å²) in [4.78, 5) is 6.37. The predicted molar refractivity (Wildman–Crippen MR) is 68.3 cm³/mol. The van der Waals surface area contributed by atoms with Gasteiger partial charge >= 0.3 is 0 Å². The van der Waals surface area contributed by atoms with Crippen molar-refractivity contribution in [1.82, 2.24) is 15.2 Å². The summed E-state index contributed by atoms with van der Waals surface area (Å²) in [6, 6.07) is 0. The van der Waals surface area contributed by atoms with E-state index in [4.69, 9.17) is 11.1 Å². The molecule has 1 unspecified atom stereocenters. The minimum Gasteiger partial charge on any atom is -0.387 e. The third-order valence-corrected chi connectivity index (χ3v) is 2.77. The minimum atomic E-state index is -0.0137. The Morgan fingerprint density at radius 1 is 1.35 bits per heavy atom. The summed E-state index contributed by atoms with van der Waals surface area (Å²) >= 11 is 0. The molecule has 6 nitrogen and oxygen atoms in total. The van der Waals surface area contributed by atoms with Crippen LogP contribution >= 0.6 is 0 Å². The first-order valence-electron chi connectivity index (χ1n) is 5.72. The molecule has 1 heterocycles. The topological polar surface area (TPSA) is 91.8 Å². The molecule has 0 aromatic carbocycles. The maximum Gasteiger partial charge on any atom is 0.245 e. The van der Waals surface area contributed by atoms with Gasteiger partial charge in [-0.05, 0) is 20.8 Å². The lowest BCUT2D eigenvalue weighted by atomic mass is 10.1. The highest BCUT2D eigenvalue weighted by Gasteiger charge is 2.14. The number of aromatic nitrogens is 3. The number of amidine groups is 1. The summed E-state index contributed by atoms with van der Waals surface area (Å²) in [5, 5.41) is 15.5. The van der Waals surface area contributed by atoms with Crippen molar-refractivity contribution in [3.8, 4) is 0 Å². The molecule has 1 aromatic heterocycles. The molecule has 0 aliphatic heterocycles. The van der Waals surface area contributed by atoms with Crippen LogP contribution < -0.4 is 10.6 Å². The van der Waals surface area contributed by atoms with Crippen molar-refractivity contribution >= 4 is 11.8 Å². The molecule has 0 saturated carbocycles. The number of anilines is 1. The Kier molecular flexibility index (Phi) is 4.37. The smallest absolute Gasteiger partial charge is 0.245 e. The maximum absolute atomic E-state index is 7.40. The fourth-order valence-corrected chi connectivity index (χ4v) is 1.36. The largest absolute Gasteiger partial charge is 0.387 e. The Labute approximate surface area is 102 Å². The first kappa shape index (κ1) is 13.3. The third kappa shape index (κ3) is 3.37. The number of hydrogen-bond acceptors (Lipinski definition) is 5. The van der Waals surface area contributed by atoms with Crippen molar-refractivity contribution in [2.75, 3.05) is 18.0 Å². The third-order valence-electron chi connectivity index (χ3n) is 2.77. The van der Waals surface area contributed by atoms with E-state index in [0.717, 1.165) is 17.9 Å². The average molecular weight is 236 g/mol. The zero-order valence-electron chi connectivity index (χ0n) is 10.9. The molecule has 1 atom stereocenters. The molecule has 0 aliphatic rings. The summed E-state index contributed by atoms with van der Waals surface area (Å²) < 4.78 is 0. The summed E-state index contributed by atoms with van der Waals surface area (Å²) in [7, 11) is 0. The van der Waals surface area contributed by atoms with Crippen LogP contribution in [-0.2, 0) is 0 Å². The number of nitrogens with zero attached hydrogens (tertiary/aromatic N) is 4. The maximum atomic E-state index is 7.40. The highest BCUT2D eigenvalue weighted by atomic mass is 15.3. The van der Waals surface area contributed by atoms with E-state index in [-0.39, 0.29) is 11.8 Å². The second-order valence-electron chi connectivity index (χ2n) is 4.18. The van der Waals surface area contributed by atoms with Crippen LogP contribution in [0.4, 0.5) is 5.95 Å². The zero-order valence-corrected chi connectivity index (χ0v) is 10.9. The monoisotopic (exact) mass is 236 g/mol. The van der Waals surface area contributed by atoms with Crippen LogP contribution in [0.15, 0.2) is 0 Å². The molecule has 0 saturated heterocycles. The molecule has 1 aromatic rings. The van der Waals surface area contributed by atoms with Gasteiger partial charge in [-0.3, -0.25) is 5.41 Å². The Bertz CT molecular complexity index is 403. The summed E-state index contributed by atoms with van der Waals surface area (Å²) in [6.07, 6.45) is 0. The standard InChI is InChI=1S/C11H20N6/c1-5-17(6-7(2)10(12)13)11-14-8(3)9(4)15-16-11/h7H,5-6H2,1-4H3,(H3,12,13). The van der Waals surface area contributed by atoms with Crippen LogP contribution in [-0.4, -0.2) is 34.1 Å². The molecular weight excluding hydrogens is 216 g/mol. The van der Waals surface area contributed by atoms with Crippen LogP contribution in [0.1, 0.15) is 25.2 Å². The molecule has 0 bridgehead atoms. The average Bonchev–Trinajstić information content (AvgIpc) is 2.29. The lowest BCUT2D eigenvalue weighted by molar-refractivity contribution is 0.670. The highest BCUT2D eigenvalue weighted by molar-refractivity contribution is 5.79. The molecule has 17 heavy (non-hydrogen) atoms. The van der Waals surface area contributed by atoms with Crippen molar-refractivity contribution < 1.29 is 0 Å². The number of nitrogens with two attached hydrogens (primary N) is 1. The molecule has 0 aliphatic carbocycles. The second kappa shape index (κ2) is 5.56. The predicted octanol–water partition coefficient (Wildman–Crippen LogP) is 0.887. The normalized spacial score (nSPS) is 12.2. The van der Waals surface area contributed by atoms with E-state index in [2.05, 4.69) is 15.2 Å². The van der Waals surface area contributed by atoms with E-state index in [1.165, 1.54) is 0 Å². The fraction of sp³-hybridized carbons (Fsp3) is 0.636. The molecule has 0 radical (unpaired) electrons. The lowest BCUT2D eigenvalue weighted by Crippen LogP contribution is -2.35. The molecule has 94 valence electrons. The molecule has 3 N–H and O–H groups in total. The van der Waals surface area contributed by atoms with Gasteiger partial charge in [-0.15, -0.1) is 5.10 Å². The molecule has 0 fully saturated rings. The molecule has 0 amide bonds. The van der Waals surface area contributed by atoms with Crippen LogP contribution in [0.5, 0.6) is 0 Å². The van der Waals surface area contributed by atoms with Crippen molar-refractivity contribution in [1.29, 1.82) is 5.41 Å². The van der Waals surface area contributed by atoms with E-state index in [9.17, 15) is 0 Å². The first-order chi connectivity index (χ1) is 7.95. The van der Waals surface area contributed by atoms with E-state index in [1.54, 1.807) is 0 Å². The molecule has 6 heteroatoms. The van der Waals surface area contributed by atoms with Crippen molar-refractivity contribution in [3.63, 3.8) is 0 Å². The van der Waals surface area contributed by atoms with E-state index < -0.39 is 0 Å². The Hall–Kier alpha value is -1.72. The summed E-state index contributed by atoms with van der Waals surface area (Å²) in [6.45, 7) is 9.13. The van der Waals surface area contributed by atoms with Gasteiger partial charge in [-0.2, -0.15) is 5.10 Å². The van der Waals surface area contributed by atoms with Crippen molar-refractivity contribution in [3.05, 3.63) is 11.4 Å². The van der Waals surface area contributed by atoms with Gasteiger partial charge in [0.05, 0.1) is 17.2 Å². The number of hydrogen-bond donors (Lipinski definition) is 2. The minimum absolute atomic E-state index is 0.0137. The first-order valence-corrected chi connectivity index (χ1v) is 5.72. The lowest BCUT2D eigenvalue weighted by Gasteiger charge is -2.23. The molecule has 0 spiro atoms. The fourth-order valence-electron chi connectivity index (χ4n) is 1.36. The Morgan fingerprint density at radius 2 is 2.00 bits per heavy atom. The van der Waals surface area contributed by atoms with Crippen LogP contribution in [0, 0.1) is 25.2 Å². The van der Waals surface area contributed by atoms with Crippen LogP contribution in [0.2, 0.25) is 0 Å². The van der Waals surface area contributed by atoms with Gasteiger partial charge < -0.3 is 10.6 Å². The van der Waals surface area contributed by atoms with E-state index in [0.29, 0.717) is 12.5 Å². The molecule has 1 rings (SSSR count). The van der Waals surface area contributed by atoms with Gasteiger partial charge in [0.25, 0.3) is 0 Å². The summed E-state index contributed by atoms with van der Waals surface area (Å²) in [5.41, 5.74) is 7.19.